The first-order valence-electron chi connectivity index (χ1n) is 2.28. The fraction of sp³-hybridized carbons (Fsp3) is 0.333. The molecule has 0 aliphatic rings. The number of hydrogen-bond donors (Lipinski definition) is 2. The smallest absolute Gasteiger partial charge is 0.314 e. The number of nitrogens with zero attached hydrogens (tertiary/aromatic N) is 2. The van der Waals surface area contributed by atoms with Crippen molar-refractivity contribution >= 4 is 5.97 Å². The number of rotatable bonds is 2. The molecule has 0 radical (unpaired) electrons. The van der Waals surface area contributed by atoms with E-state index in [1.165, 1.54) is 0 Å². The van der Waals surface area contributed by atoms with Gasteiger partial charge in [-0.15, -0.1) is 0 Å². The van der Waals surface area contributed by atoms with E-state index in [4.69, 9.17) is 5.11 Å². The van der Waals surface area contributed by atoms with Crippen molar-refractivity contribution < 1.29 is 15.0 Å². The molecule has 0 unspecified atom stereocenters. The zero-order chi connectivity index (χ0) is 6.69. The van der Waals surface area contributed by atoms with Crippen molar-refractivity contribution in [3.05, 3.63) is 5.82 Å². The molecule has 0 saturated heterocycles. The van der Waals surface area contributed by atoms with Crippen LogP contribution < -0.4 is 5.10 Å². The average Bonchev–Trinajstić information content (AvgIpc) is 2.15. The lowest BCUT2D eigenvalue weighted by Crippen LogP contribution is -2.14. The van der Waals surface area contributed by atoms with E-state index in [-0.39, 0.29) is 6.42 Å². The number of H-pyrrole nitrogens is 2. The summed E-state index contributed by atoms with van der Waals surface area (Å²) >= 11 is 0. The minimum absolute atomic E-state index is 0.128. The molecular weight excluding hydrogens is 124 g/mol. The number of aliphatic carboxylic acids is 1. The first-order valence-corrected chi connectivity index (χ1v) is 2.28. The number of carboxylic acids is 1. The van der Waals surface area contributed by atoms with Crippen molar-refractivity contribution in [1.82, 2.24) is 15.5 Å². The summed E-state index contributed by atoms with van der Waals surface area (Å²) in [5.41, 5.74) is 0. The van der Waals surface area contributed by atoms with Crippen LogP contribution in [-0.2, 0) is 11.2 Å². The second kappa shape index (κ2) is 2.21. The second-order valence-corrected chi connectivity index (χ2v) is 1.45. The highest BCUT2D eigenvalue weighted by Gasteiger charge is 2.09. The third kappa shape index (κ3) is 1.48. The first-order chi connectivity index (χ1) is 4.29. The maximum Gasteiger partial charge on any atom is 0.314 e. The Morgan fingerprint density at radius 3 is 3.11 bits per heavy atom. The monoisotopic (exact) mass is 129 g/mol. The molecule has 1 heterocycles. The number of nitrogens with one attached hydrogen (secondary N) is 2. The van der Waals surface area contributed by atoms with E-state index in [1.54, 1.807) is 0 Å². The lowest BCUT2D eigenvalue weighted by atomic mass is 10.4. The molecule has 6 nitrogen and oxygen atoms in total. The predicted octanol–water partition coefficient (Wildman–Crippen LogP) is -1.75. The summed E-state index contributed by atoms with van der Waals surface area (Å²) in [5.74, 6) is -0.609. The van der Waals surface area contributed by atoms with E-state index in [0.29, 0.717) is 5.82 Å². The van der Waals surface area contributed by atoms with Gasteiger partial charge in [0.15, 0.2) is 5.21 Å². The second-order valence-electron chi connectivity index (χ2n) is 1.45. The van der Waals surface area contributed by atoms with Gasteiger partial charge in [0, 0.05) is 0 Å². The van der Waals surface area contributed by atoms with Gasteiger partial charge in [0.1, 0.15) is 11.5 Å². The van der Waals surface area contributed by atoms with Crippen molar-refractivity contribution in [3.8, 4) is 0 Å². The van der Waals surface area contributed by atoms with Crippen LogP contribution in [0.4, 0.5) is 0 Å². The summed E-state index contributed by atoms with van der Waals surface area (Å²) in [7, 11) is 0. The third-order valence-corrected chi connectivity index (χ3v) is 0.740. The van der Waals surface area contributed by atoms with Crippen LogP contribution in [0.25, 0.3) is 0 Å². The average molecular weight is 129 g/mol. The van der Waals surface area contributed by atoms with Crippen LogP contribution in [0.2, 0.25) is 0 Å². The van der Waals surface area contributed by atoms with E-state index in [1.807, 2.05) is 0 Å². The highest BCUT2D eigenvalue weighted by molar-refractivity contribution is 5.68. The summed E-state index contributed by atoms with van der Waals surface area (Å²) in [6.45, 7) is 0. The minimum Gasteiger partial charge on any atom is -0.481 e. The molecular formula is C3H5N4O2+. The number of hydrogen-bond acceptors (Lipinski definition) is 3. The largest absolute Gasteiger partial charge is 0.481 e. The summed E-state index contributed by atoms with van der Waals surface area (Å²) < 4.78 is 0. The van der Waals surface area contributed by atoms with Gasteiger partial charge in [0.25, 0.3) is 0 Å². The zero-order valence-corrected chi connectivity index (χ0v) is 4.46. The normalized spacial score (nSPS) is 9.33. The summed E-state index contributed by atoms with van der Waals surface area (Å²) in [6.07, 6.45) is -0.128. The van der Waals surface area contributed by atoms with E-state index in [2.05, 4.69) is 20.6 Å². The van der Waals surface area contributed by atoms with E-state index in [9.17, 15) is 4.79 Å². The van der Waals surface area contributed by atoms with Crippen LogP contribution >= 0.6 is 0 Å². The fourth-order valence-electron chi connectivity index (χ4n) is 0.423. The van der Waals surface area contributed by atoms with E-state index < -0.39 is 5.97 Å². The number of aromatic nitrogens is 4. The quantitative estimate of drug-likeness (QED) is 0.495. The highest BCUT2D eigenvalue weighted by Crippen LogP contribution is 1.78. The molecule has 1 aromatic heterocycles. The van der Waals surface area contributed by atoms with Gasteiger partial charge in [-0.3, -0.25) is 4.79 Å². The van der Waals surface area contributed by atoms with Gasteiger partial charge in [-0.25, -0.2) is 0 Å². The number of carboxylic acid groups (broad SMARTS) is 1. The molecule has 1 aromatic rings. The fourth-order valence-corrected chi connectivity index (χ4v) is 0.423. The molecule has 0 aliphatic carbocycles. The van der Waals surface area contributed by atoms with Gasteiger partial charge in [-0.05, 0) is 0 Å². The molecule has 48 valence electrons. The van der Waals surface area contributed by atoms with Gasteiger partial charge in [0.05, 0.1) is 0 Å². The van der Waals surface area contributed by atoms with Crippen LogP contribution in [0.1, 0.15) is 5.82 Å². The van der Waals surface area contributed by atoms with Crippen LogP contribution in [0, 0.1) is 0 Å². The standard InChI is InChI=1S/C3H4N4O2/c8-3(9)1-2-4-6-7-5-2/h1H2,(H,8,9)(H,4,5,6,7)/p+1. The Kier molecular flexibility index (Phi) is 1.39. The van der Waals surface area contributed by atoms with Gasteiger partial charge in [-0.1, -0.05) is 5.21 Å². The molecule has 1 rings (SSSR count). The number of carbonyl (C=O) groups is 1. The molecule has 6 heteroatoms. The van der Waals surface area contributed by atoms with Crippen molar-refractivity contribution in [2.75, 3.05) is 0 Å². The Balaban J connectivity index is 2.58. The lowest BCUT2D eigenvalue weighted by Gasteiger charge is -1.76. The predicted molar refractivity (Wildman–Crippen MR) is 24.3 cm³/mol. The number of aromatic amines is 2. The van der Waals surface area contributed by atoms with Gasteiger partial charge in [-0.2, -0.15) is 5.10 Å². The summed E-state index contributed by atoms with van der Waals surface area (Å²) in [5, 5.41) is 19.6. The van der Waals surface area contributed by atoms with Gasteiger partial charge < -0.3 is 5.11 Å². The molecule has 0 saturated carbocycles. The van der Waals surface area contributed by atoms with Gasteiger partial charge >= 0.3 is 11.8 Å². The van der Waals surface area contributed by atoms with E-state index in [0.717, 1.165) is 0 Å². The Morgan fingerprint density at radius 1 is 1.89 bits per heavy atom. The van der Waals surface area contributed by atoms with Crippen molar-refractivity contribution in [2.45, 2.75) is 6.42 Å². The first kappa shape index (κ1) is 5.67. The number of tetrazole rings is 1. The maximum atomic E-state index is 9.96. The zero-order valence-electron chi connectivity index (χ0n) is 4.46. The molecule has 3 N–H and O–H groups in total. The highest BCUT2D eigenvalue weighted by atomic mass is 16.4. The maximum absolute atomic E-state index is 9.96. The molecule has 9 heavy (non-hydrogen) atoms. The molecule has 0 aromatic carbocycles. The topological polar surface area (TPSA) is 93.0 Å². The Morgan fingerprint density at radius 2 is 2.67 bits per heavy atom. The van der Waals surface area contributed by atoms with Crippen LogP contribution in [0.15, 0.2) is 0 Å². The van der Waals surface area contributed by atoms with Crippen LogP contribution in [0.5, 0.6) is 0 Å². The molecule has 0 spiro atoms. The molecule has 0 fully saturated rings. The summed E-state index contributed by atoms with van der Waals surface area (Å²) in [6, 6.07) is 0. The van der Waals surface area contributed by atoms with Crippen LogP contribution in [0.3, 0.4) is 0 Å². The minimum atomic E-state index is -0.930. The SMILES string of the molecule is O=C(O)Cc1nn[nH][nH+]1. The Bertz CT molecular complexity index is 194. The van der Waals surface area contributed by atoms with Crippen molar-refractivity contribution in [2.24, 2.45) is 0 Å². The third-order valence-electron chi connectivity index (χ3n) is 0.740. The molecule has 0 amide bonds. The molecule has 0 atom stereocenters. The van der Waals surface area contributed by atoms with Crippen LogP contribution in [-0.4, -0.2) is 26.6 Å². The van der Waals surface area contributed by atoms with Gasteiger partial charge in [0.2, 0.25) is 0 Å². The molecule has 0 aliphatic heterocycles. The van der Waals surface area contributed by atoms with Crippen molar-refractivity contribution in [3.63, 3.8) is 0 Å². The van der Waals surface area contributed by atoms with E-state index >= 15 is 0 Å². The van der Waals surface area contributed by atoms with Crippen molar-refractivity contribution in [1.29, 1.82) is 0 Å². The Labute approximate surface area is 49.9 Å². The Hall–Kier alpha value is -1.46. The molecule has 0 bridgehead atoms. The summed E-state index contributed by atoms with van der Waals surface area (Å²) in [4.78, 5) is 9.96. The lowest BCUT2D eigenvalue weighted by molar-refractivity contribution is -0.465.